The van der Waals surface area contributed by atoms with E-state index >= 15 is 0 Å². The minimum atomic E-state index is -0.932. The van der Waals surface area contributed by atoms with Gasteiger partial charge in [0.05, 0.1) is 18.6 Å². The molecule has 0 heterocycles. The van der Waals surface area contributed by atoms with Crippen molar-refractivity contribution in [1.82, 2.24) is 5.32 Å². The Bertz CT molecular complexity index is 299. The zero-order valence-electron chi connectivity index (χ0n) is 11.2. The minimum Gasteiger partial charge on any atom is -0.481 e. The summed E-state index contributed by atoms with van der Waals surface area (Å²) in [5, 5.41) is 11.7. The van der Waals surface area contributed by atoms with Crippen molar-refractivity contribution in [2.24, 2.45) is 5.92 Å². The first kappa shape index (κ1) is 15.0. The third kappa shape index (κ3) is 4.64. The van der Waals surface area contributed by atoms with Gasteiger partial charge in [-0.3, -0.25) is 9.59 Å². The van der Waals surface area contributed by atoms with Gasteiger partial charge in [-0.1, -0.05) is 19.3 Å². The highest BCUT2D eigenvalue weighted by molar-refractivity contribution is 5.80. The van der Waals surface area contributed by atoms with Crippen molar-refractivity contribution in [1.29, 1.82) is 0 Å². The van der Waals surface area contributed by atoms with Gasteiger partial charge in [0.2, 0.25) is 5.91 Å². The van der Waals surface area contributed by atoms with E-state index < -0.39 is 11.5 Å². The van der Waals surface area contributed by atoms with Gasteiger partial charge < -0.3 is 15.2 Å². The topological polar surface area (TPSA) is 75.6 Å². The molecule has 1 aliphatic carbocycles. The number of carboxylic acids is 1. The van der Waals surface area contributed by atoms with Crippen LogP contribution in [0.25, 0.3) is 0 Å². The van der Waals surface area contributed by atoms with Gasteiger partial charge in [-0.2, -0.15) is 0 Å². The van der Waals surface area contributed by atoms with Crippen LogP contribution in [0.3, 0.4) is 0 Å². The van der Waals surface area contributed by atoms with Gasteiger partial charge >= 0.3 is 5.97 Å². The molecule has 5 heteroatoms. The summed E-state index contributed by atoms with van der Waals surface area (Å²) < 4.78 is 5.02. The number of methoxy groups -OCH3 is 1. The maximum absolute atomic E-state index is 12.1. The van der Waals surface area contributed by atoms with E-state index in [2.05, 4.69) is 5.32 Å². The summed E-state index contributed by atoms with van der Waals surface area (Å²) in [6, 6.07) is 0. The van der Waals surface area contributed by atoms with Crippen molar-refractivity contribution in [3.63, 3.8) is 0 Å². The third-order valence-electron chi connectivity index (χ3n) is 3.41. The van der Waals surface area contributed by atoms with E-state index in [4.69, 9.17) is 9.84 Å². The Morgan fingerprint density at radius 3 is 2.44 bits per heavy atom. The number of carbonyl (C=O) groups is 2. The highest BCUT2D eigenvalue weighted by Crippen LogP contribution is 2.24. The first-order chi connectivity index (χ1) is 8.47. The molecule has 18 heavy (non-hydrogen) atoms. The largest absolute Gasteiger partial charge is 0.481 e. The van der Waals surface area contributed by atoms with E-state index in [9.17, 15) is 9.59 Å². The van der Waals surface area contributed by atoms with Gasteiger partial charge in [-0.05, 0) is 19.8 Å². The Balaban J connectivity index is 2.58. The fourth-order valence-corrected chi connectivity index (χ4v) is 2.55. The maximum atomic E-state index is 12.1. The van der Waals surface area contributed by atoms with Crippen LogP contribution in [0.5, 0.6) is 0 Å². The molecule has 1 amide bonds. The molecule has 104 valence electrons. The van der Waals surface area contributed by atoms with E-state index in [1.54, 1.807) is 6.92 Å². The van der Waals surface area contributed by atoms with Crippen LogP contribution in [0.2, 0.25) is 0 Å². The van der Waals surface area contributed by atoms with E-state index in [0.29, 0.717) is 0 Å². The summed E-state index contributed by atoms with van der Waals surface area (Å²) in [5.41, 5.74) is -0.824. The number of hydrogen-bond donors (Lipinski definition) is 2. The zero-order chi connectivity index (χ0) is 13.6. The van der Waals surface area contributed by atoms with Crippen molar-refractivity contribution in [3.05, 3.63) is 0 Å². The highest BCUT2D eigenvalue weighted by Gasteiger charge is 2.32. The molecule has 0 bridgehead atoms. The highest BCUT2D eigenvalue weighted by atomic mass is 16.5. The number of ether oxygens (including phenoxy) is 1. The Morgan fingerprint density at radius 1 is 1.33 bits per heavy atom. The van der Waals surface area contributed by atoms with Gasteiger partial charge in [0.25, 0.3) is 0 Å². The average molecular weight is 257 g/mol. The van der Waals surface area contributed by atoms with Crippen LogP contribution in [0.4, 0.5) is 0 Å². The SMILES string of the molecule is COCC(C)(CC(=O)O)NC(=O)C1CCCCC1. The summed E-state index contributed by atoms with van der Waals surface area (Å²) in [7, 11) is 1.51. The second-order valence-electron chi connectivity index (χ2n) is 5.39. The molecule has 0 aromatic heterocycles. The molecule has 1 atom stereocenters. The Hall–Kier alpha value is -1.10. The van der Waals surface area contributed by atoms with Crippen LogP contribution in [0.15, 0.2) is 0 Å². The van der Waals surface area contributed by atoms with E-state index in [0.717, 1.165) is 25.7 Å². The first-order valence-electron chi connectivity index (χ1n) is 6.49. The standard InChI is InChI=1S/C13H23NO4/c1-13(9-18-2,8-11(15)16)14-12(17)10-6-4-3-5-7-10/h10H,3-9H2,1-2H3,(H,14,17)(H,15,16). The van der Waals surface area contributed by atoms with Crippen molar-refractivity contribution in [2.75, 3.05) is 13.7 Å². The molecule has 2 N–H and O–H groups in total. The van der Waals surface area contributed by atoms with Crippen LogP contribution in [-0.4, -0.2) is 36.2 Å². The van der Waals surface area contributed by atoms with Gasteiger partial charge in [-0.15, -0.1) is 0 Å². The first-order valence-corrected chi connectivity index (χ1v) is 6.49. The van der Waals surface area contributed by atoms with Crippen LogP contribution in [0, 0.1) is 5.92 Å². The number of nitrogens with one attached hydrogen (secondary N) is 1. The fraction of sp³-hybridized carbons (Fsp3) is 0.846. The van der Waals surface area contributed by atoms with Gasteiger partial charge in [-0.25, -0.2) is 0 Å². The van der Waals surface area contributed by atoms with Crippen LogP contribution in [0.1, 0.15) is 45.4 Å². The van der Waals surface area contributed by atoms with E-state index in [1.807, 2.05) is 0 Å². The quantitative estimate of drug-likeness (QED) is 0.757. The second-order valence-corrected chi connectivity index (χ2v) is 5.39. The van der Waals surface area contributed by atoms with Crippen LogP contribution in [-0.2, 0) is 14.3 Å². The van der Waals surface area contributed by atoms with Gasteiger partial charge in [0, 0.05) is 13.0 Å². The van der Waals surface area contributed by atoms with Crippen LogP contribution < -0.4 is 5.32 Å². The number of aliphatic carboxylic acids is 1. The Kier molecular flexibility index (Phi) is 5.59. The normalized spacial score (nSPS) is 20.1. The second kappa shape index (κ2) is 6.73. The summed E-state index contributed by atoms with van der Waals surface area (Å²) in [6.07, 6.45) is 5.04. The van der Waals surface area contributed by atoms with E-state index in [-0.39, 0.29) is 24.9 Å². The summed E-state index contributed by atoms with van der Waals surface area (Å²) in [6.45, 7) is 1.92. The molecular weight excluding hydrogens is 234 g/mol. The zero-order valence-corrected chi connectivity index (χ0v) is 11.2. The van der Waals surface area contributed by atoms with Crippen molar-refractivity contribution in [2.45, 2.75) is 51.0 Å². The lowest BCUT2D eigenvalue weighted by Gasteiger charge is -2.31. The van der Waals surface area contributed by atoms with Crippen molar-refractivity contribution in [3.8, 4) is 0 Å². The molecular formula is C13H23NO4. The van der Waals surface area contributed by atoms with Gasteiger partial charge in [0.15, 0.2) is 0 Å². The van der Waals surface area contributed by atoms with Gasteiger partial charge in [0.1, 0.15) is 0 Å². The van der Waals surface area contributed by atoms with E-state index in [1.165, 1.54) is 13.5 Å². The molecule has 0 spiro atoms. The van der Waals surface area contributed by atoms with Crippen molar-refractivity contribution < 1.29 is 19.4 Å². The monoisotopic (exact) mass is 257 g/mol. The molecule has 1 aliphatic rings. The summed E-state index contributed by atoms with van der Waals surface area (Å²) in [4.78, 5) is 23.0. The third-order valence-corrected chi connectivity index (χ3v) is 3.41. The molecule has 0 saturated heterocycles. The van der Waals surface area contributed by atoms with Crippen molar-refractivity contribution >= 4 is 11.9 Å². The summed E-state index contributed by atoms with van der Waals surface area (Å²) in [5.74, 6) is -0.933. The smallest absolute Gasteiger partial charge is 0.305 e. The molecule has 0 aromatic rings. The molecule has 0 radical (unpaired) electrons. The molecule has 0 aromatic carbocycles. The predicted octanol–water partition coefficient (Wildman–Crippen LogP) is 1.56. The number of hydrogen-bond acceptors (Lipinski definition) is 3. The lowest BCUT2D eigenvalue weighted by Crippen LogP contribution is -2.52. The molecule has 0 aliphatic heterocycles. The maximum Gasteiger partial charge on any atom is 0.305 e. The molecule has 1 saturated carbocycles. The lowest BCUT2D eigenvalue weighted by atomic mass is 9.87. The number of carboxylic acid groups (broad SMARTS) is 1. The number of rotatable bonds is 6. The molecule has 1 rings (SSSR count). The Morgan fingerprint density at radius 2 is 1.94 bits per heavy atom. The number of amides is 1. The lowest BCUT2D eigenvalue weighted by molar-refractivity contribution is -0.140. The summed E-state index contributed by atoms with van der Waals surface area (Å²) >= 11 is 0. The Labute approximate surface area is 108 Å². The number of carbonyl (C=O) groups excluding carboxylic acids is 1. The molecule has 1 unspecified atom stereocenters. The predicted molar refractivity (Wildman–Crippen MR) is 67.3 cm³/mol. The average Bonchev–Trinajstić information content (AvgIpc) is 2.28. The van der Waals surface area contributed by atoms with Crippen LogP contribution >= 0.6 is 0 Å². The fourth-order valence-electron chi connectivity index (χ4n) is 2.55. The minimum absolute atomic E-state index is 0.0312. The molecule has 5 nitrogen and oxygen atoms in total. The molecule has 1 fully saturated rings.